The maximum Gasteiger partial charge on any atom is 0.259 e. The van der Waals surface area contributed by atoms with Gasteiger partial charge in [-0.05, 0) is 41.1 Å². The fourth-order valence-corrected chi connectivity index (χ4v) is 2.37. The largest absolute Gasteiger partial charge is 0.382 e. The van der Waals surface area contributed by atoms with Crippen LogP contribution in [0.25, 0.3) is 11.5 Å². The maximum absolute atomic E-state index is 6.08. The number of halogens is 2. The number of ether oxygens (including phenoxy) is 1. The van der Waals surface area contributed by atoms with Crippen molar-refractivity contribution in [3.05, 3.63) is 33.0 Å². The number of hydrogen-bond acceptors (Lipinski definition) is 5. The lowest BCUT2D eigenvalue weighted by atomic mass is 10.1. The fraction of sp³-hybridized carbons (Fsp3) is 0.333. The second kappa shape index (κ2) is 5.70. The molecule has 0 bridgehead atoms. The van der Waals surface area contributed by atoms with E-state index < -0.39 is 5.54 Å². The van der Waals surface area contributed by atoms with E-state index in [1.165, 1.54) is 0 Å². The van der Waals surface area contributed by atoms with Crippen molar-refractivity contribution in [2.45, 2.75) is 12.5 Å². The Balaban J connectivity index is 2.38. The summed E-state index contributed by atoms with van der Waals surface area (Å²) in [7, 11) is 1.58. The van der Waals surface area contributed by atoms with Crippen molar-refractivity contribution in [1.82, 2.24) is 10.1 Å². The lowest BCUT2D eigenvalue weighted by molar-refractivity contribution is 0.135. The van der Waals surface area contributed by atoms with Gasteiger partial charge < -0.3 is 15.0 Å². The molecule has 1 aromatic heterocycles. The molecule has 0 spiro atoms. The molecule has 1 aromatic carbocycles. The van der Waals surface area contributed by atoms with Crippen LogP contribution in [-0.2, 0) is 10.3 Å². The van der Waals surface area contributed by atoms with Crippen LogP contribution in [0.3, 0.4) is 0 Å². The maximum atomic E-state index is 6.08. The summed E-state index contributed by atoms with van der Waals surface area (Å²) < 4.78 is 12.1. The third-order valence-corrected chi connectivity index (χ3v) is 3.72. The van der Waals surface area contributed by atoms with E-state index in [1.807, 2.05) is 18.2 Å². The molecular weight excluding hydrogens is 378 g/mol. The number of methoxy groups -OCH3 is 1. The molecular formula is C12H13Br2N3O2. The Morgan fingerprint density at radius 1 is 1.42 bits per heavy atom. The summed E-state index contributed by atoms with van der Waals surface area (Å²) in [5.41, 5.74) is 6.10. The van der Waals surface area contributed by atoms with Gasteiger partial charge in [-0.25, -0.2) is 0 Å². The number of nitrogens with two attached hydrogens (primary N) is 1. The molecule has 2 rings (SSSR count). The molecule has 0 aliphatic carbocycles. The summed E-state index contributed by atoms with van der Waals surface area (Å²) in [6.07, 6.45) is 0. The number of benzene rings is 1. The van der Waals surface area contributed by atoms with E-state index in [4.69, 9.17) is 15.0 Å². The van der Waals surface area contributed by atoms with Gasteiger partial charge in [0, 0.05) is 16.1 Å². The quantitative estimate of drug-likeness (QED) is 0.868. The molecule has 19 heavy (non-hydrogen) atoms. The highest BCUT2D eigenvalue weighted by Gasteiger charge is 2.28. The molecule has 102 valence electrons. The van der Waals surface area contributed by atoms with E-state index in [2.05, 4.69) is 42.0 Å². The van der Waals surface area contributed by atoms with Crippen molar-refractivity contribution in [2.75, 3.05) is 13.7 Å². The molecule has 0 fully saturated rings. The van der Waals surface area contributed by atoms with Crippen LogP contribution in [0, 0.1) is 0 Å². The second-order valence-corrected chi connectivity index (χ2v) is 6.17. The SMILES string of the molecule is COCC(C)(N)c1noc(-c2cc(Br)ccc2Br)n1. The van der Waals surface area contributed by atoms with E-state index in [1.54, 1.807) is 14.0 Å². The Morgan fingerprint density at radius 3 is 2.84 bits per heavy atom. The summed E-state index contributed by atoms with van der Waals surface area (Å²) in [4.78, 5) is 4.34. The van der Waals surface area contributed by atoms with Crippen LogP contribution in [-0.4, -0.2) is 23.9 Å². The first kappa shape index (κ1) is 14.6. The zero-order valence-electron chi connectivity index (χ0n) is 10.5. The van der Waals surface area contributed by atoms with Gasteiger partial charge in [-0.2, -0.15) is 4.98 Å². The zero-order valence-corrected chi connectivity index (χ0v) is 13.7. The normalized spacial score (nSPS) is 14.4. The molecule has 7 heteroatoms. The molecule has 0 aliphatic rings. The zero-order chi connectivity index (χ0) is 14.0. The lowest BCUT2D eigenvalue weighted by Crippen LogP contribution is -2.38. The highest BCUT2D eigenvalue weighted by atomic mass is 79.9. The minimum Gasteiger partial charge on any atom is -0.382 e. The van der Waals surface area contributed by atoms with Gasteiger partial charge in [0.25, 0.3) is 5.89 Å². The van der Waals surface area contributed by atoms with E-state index in [-0.39, 0.29) is 0 Å². The third kappa shape index (κ3) is 3.22. The summed E-state index contributed by atoms with van der Waals surface area (Å²) in [5.74, 6) is 0.826. The Bertz CT molecular complexity index is 584. The van der Waals surface area contributed by atoms with E-state index in [0.717, 1.165) is 14.5 Å². The van der Waals surface area contributed by atoms with Gasteiger partial charge in [0.1, 0.15) is 5.54 Å². The highest BCUT2D eigenvalue weighted by Crippen LogP contribution is 2.30. The first-order valence-electron chi connectivity index (χ1n) is 5.51. The minimum absolute atomic E-state index is 0.311. The molecule has 1 unspecified atom stereocenters. The molecule has 0 radical (unpaired) electrons. The molecule has 0 amide bonds. The van der Waals surface area contributed by atoms with Gasteiger partial charge in [0.15, 0.2) is 5.82 Å². The van der Waals surface area contributed by atoms with Gasteiger partial charge in [-0.3, -0.25) is 0 Å². The summed E-state index contributed by atoms with van der Waals surface area (Å²) in [6, 6.07) is 5.72. The molecule has 1 heterocycles. The average Bonchev–Trinajstić information content (AvgIpc) is 2.82. The van der Waals surface area contributed by atoms with Crippen LogP contribution in [0.1, 0.15) is 12.7 Å². The van der Waals surface area contributed by atoms with Gasteiger partial charge >= 0.3 is 0 Å². The smallest absolute Gasteiger partial charge is 0.259 e. The summed E-state index contributed by atoms with van der Waals surface area (Å²) >= 11 is 6.86. The number of aromatic nitrogens is 2. The standard InChI is InChI=1S/C12H13Br2N3O2/c1-12(15,6-18-2)11-16-10(19-17-11)8-5-7(13)3-4-9(8)14/h3-5H,6,15H2,1-2H3. The Labute approximate surface area is 127 Å². The molecule has 1 atom stereocenters. The van der Waals surface area contributed by atoms with Crippen LogP contribution in [0.4, 0.5) is 0 Å². The number of hydrogen-bond donors (Lipinski definition) is 1. The average molecular weight is 391 g/mol. The summed E-state index contributed by atoms with van der Waals surface area (Å²) in [5, 5.41) is 3.93. The molecule has 0 saturated heterocycles. The van der Waals surface area contributed by atoms with Gasteiger partial charge in [0.05, 0.1) is 12.2 Å². The Morgan fingerprint density at radius 2 is 2.16 bits per heavy atom. The van der Waals surface area contributed by atoms with Crippen LogP contribution in [0.15, 0.2) is 31.7 Å². The molecule has 0 aliphatic heterocycles. The van der Waals surface area contributed by atoms with E-state index >= 15 is 0 Å². The first-order chi connectivity index (χ1) is 8.94. The first-order valence-corrected chi connectivity index (χ1v) is 7.10. The highest BCUT2D eigenvalue weighted by molar-refractivity contribution is 9.11. The fourth-order valence-electron chi connectivity index (χ4n) is 1.59. The monoisotopic (exact) mass is 389 g/mol. The predicted octanol–water partition coefficient (Wildman–Crippen LogP) is 3.08. The molecule has 5 nitrogen and oxygen atoms in total. The van der Waals surface area contributed by atoms with Crippen molar-refractivity contribution >= 4 is 31.9 Å². The van der Waals surface area contributed by atoms with Gasteiger partial charge in [0.2, 0.25) is 0 Å². The van der Waals surface area contributed by atoms with Gasteiger partial charge in [-0.1, -0.05) is 21.1 Å². The number of nitrogens with zero attached hydrogens (tertiary/aromatic N) is 2. The lowest BCUT2D eigenvalue weighted by Gasteiger charge is -2.18. The Kier molecular flexibility index (Phi) is 4.39. The van der Waals surface area contributed by atoms with Crippen molar-refractivity contribution in [3.8, 4) is 11.5 Å². The summed E-state index contributed by atoms with van der Waals surface area (Å²) in [6.45, 7) is 2.10. The van der Waals surface area contributed by atoms with Crippen molar-refractivity contribution < 1.29 is 9.26 Å². The topological polar surface area (TPSA) is 74.2 Å². The van der Waals surface area contributed by atoms with Crippen molar-refractivity contribution in [2.24, 2.45) is 5.73 Å². The third-order valence-electron chi connectivity index (χ3n) is 2.54. The Hall–Kier alpha value is -0.760. The van der Waals surface area contributed by atoms with Crippen LogP contribution in [0.2, 0.25) is 0 Å². The van der Waals surface area contributed by atoms with Crippen LogP contribution >= 0.6 is 31.9 Å². The van der Waals surface area contributed by atoms with Crippen molar-refractivity contribution in [3.63, 3.8) is 0 Å². The van der Waals surface area contributed by atoms with Crippen molar-refractivity contribution in [1.29, 1.82) is 0 Å². The molecule has 0 saturated carbocycles. The van der Waals surface area contributed by atoms with Crippen LogP contribution in [0.5, 0.6) is 0 Å². The molecule has 2 N–H and O–H groups in total. The second-order valence-electron chi connectivity index (χ2n) is 4.40. The van der Waals surface area contributed by atoms with E-state index in [9.17, 15) is 0 Å². The molecule has 2 aromatic rings. The van der Waals surface area contributed by atoms with Gasteiger partial charge in [-0.15, -0.1) is 0 Å². The van der Waals surface area contributed by atoms with E-state index in [0.29, 0.717) is 18.3 Å². The van der Waals surface area contributed by atoms with Crippen LogP contribution < -0.4 is 5.73 Å². The number of rotatable bonds is 4. The minimum atomic E-state index is -0.783. The predicted molar refractivity (Wildman–Crippen MR) is 78.5 cm³/mol.